The highest BCUT2D eigenvalue weighted by atomic mass is 31.0. The lowest BCUT2D eigenvalue weighted by Crippen LogP contribution is -2.00. The van der Waals surface area contributed by atoms with Crippen LogP contribution in [0.15, 0.2) is 72.8 Å². The highest BCUT2D eigenvalue weighted by molar-refractivity contribution is 7.28. The van der Waals surface area contributed by atoms with E-state index in [4.69, 9.17) is 0 Å². The van der Waals surface area contributed by atoms with Gasteiger partial charge in [0.2, 0.25) is 0 Å². The predicted octanol–water partition coefficient (Wildman–Crippen LogP) is 4.23. The van der Waals surface area contributed by atoms with Crippen molar-refractivity contribution < 1.29 is 5.11 Å². The van der Waals surface area contributed by atoms with Crippen LogP contribution in [-0.2, 0) is 0 Å². The highest BCUT2D eigenvalue weighted by Gasteiger charge is 2.12. The van der Waals surface area contributed by atoms with Gasteiger partial charge in [0, 0.05) is 10.9 Å². The van der Waals surface area contributed by atoms with Crippen molar-refractivity contribution in [3.8, 4) is 28.0 Å². The highest BCUT2D eigenvalue weighted by Crippen LogP contribution is 2.34. The lowest BCUT2D eigenvalue weighted by Gasteiger charge is -2.14. The van der Waals surface area contributed by atoms with Gasteiger partial charge in [-0.05, 0) is 22.8 Å². The summed E-state index contributed by atoms with van der Waals surface area (Å²) in [6, 6.07) is 24.1. The monoisotopic (exact) mass is 278 g/mol. The summed E-state index contributed by atoms with van der Waals surface area (Å²) in [6.45, 7) is 0. The maximum Gasteiger partial charge on any atom is 0.123 e. The summed E-state index contributed by atoms with van der Waals surface area (Å²) in [5.41, 5.74) is 4.43. The van der Waals surface area contributed by atoms with E-state index in [1.807, 2.05) is 42.5 Å². The minimum atomic E-state index is 0.300. The molecule has 98 valence electrons. The fraction of sp³-hybridized carbons (Fsp3) is 0. The van der Waals surface area contributed by atoms with Crippen LogP contribution in [0.2, 0.25) is 0 Å². The lowest BCUT2D eigenvalue weighted by atomic mass is 9.94. The van der Waals surface area contributed by atoms with E-state index < -0.39 is 0 Å². The van der Waals surface area contributed by atoms with Crippen molar-refractivity contribution in [3.63, 3.8) is 0 Å². The third kappa shape index (κ3) is 2.33. The molecular formula is C18H15OP. The smallest absolute Gasteiger partial charge is 0.123 e. The Bertz CT molecular complexity index is 721. The van der Waals surface area contributed by atoms with E-state index >= 15 is 0 Å². The van der Waals surface area contributed by atoms with Gasteiger partial charge in [-0.15, -0.1) is 9.24 Å². The first-order valence-electron chi connectivity index (χ1n) is 6.49. The maximum atomic E-state index is 10.0. The van der Waals surface area contributed by atoms with Crippen molar-refractivity contribution in [1.82, 2.24) is 0 Å². The van der Waals surface area contributed by atoms with E-state index in [0.717, 1.165) is 27.6 Å². The first-order chi connectivity index (χ1) is 9.77. The molecule has 0 bridgehead atoms. The van der Waals surface area contributed by atoms with Crippen molar-refractivity contribution >= 4 is 14.5 Å². The molecule has 0 aliphatic carbocycles. The van der Waals surface area contributed by atoms with Gasteiger partial charge in [-0.2, -0.15) is 0 Å². The second-order valence-corrected chi connectivity index (χ2v) is 5.23. The second kappa shape index (κ2) is 5.48. The number of hydrogen-bond acceptors (Lipinski definition) is 1. The number of aromatic hydroxyl groups is 1. The van der Waals surface area contributed by atoms with Crippen molar-refractivity contribution in [2.75, 3.05) is 0 Å². The van der Waals surface area contributed by atoms with Crippen LogP contribution in [0.3, 0.4) is 0 Å². The summed E-state index contributed by atoms with van der Waals surface area (Å²) >= 11 is 0. The molecule has 3 aromatic rings. The Morgan fingerprint density at radius 2 is 1.20 bits per heavy atom. The Balaban J connectivity index is 2.29. The molecule has 1 atom stereocenters. The summed E-state index contributed by atoms with van der Waals surface area (Å²) < 4.78 is 0. The Hall–Kier alpha value is -2.11. The van der Waals surface area contributed by atoms with Crippen molar-refractivity contribution in [2.45, 2.75) is 0 Å². The third-order valence-corrected chi connectivity index (χ3v) is 3.95. The zero-order valence-electron chi connectivity index (χ0n) is 11.0. The normalized spacial score (nSPS) is 10.4. The summed E-state index contributed by atoms with van der Waals surface area (Å²) in [7, 11) is 2.65. The van der Waals surface area contributed by atoms with E-state index in [1.54, 1.807) is 6.07 Å². The molecule has 0 saturated carbocycles. The number of rotatable bonds is 2. The molecule has 0 amide bonds. The molecule has 0 aliphatic heterocycles. The molecule has 20 heavy (non-hydrogen) atoms. The largest absolute Gasteiger partial charge is 0.507 e. The molecule has 0 aromatic heterocycles. The zero-order chi connectivity index (χ0) is 13.9. The Kier molecular flexibility index (Phi) is 3.54. The number of benzene rings is 3. The van der Waals surface area contributed by atoms with Crippen LogP contribution in [-0.4, -0.2) is 5.11 Å². The van der Waals surface area contributed by atoms with Crippen molar-refractivity contribution in [1.29, 1.82) is 0 Å². The van der Waals surface area contributed by atoms with E-state index in [0.29, 0.717) is 5.75 Å². The van der Waals surface area contributed by atoms with Crippen LogP contribution in [0.1, 0.15) is 0 Å². The Morgan fingerprint density at radius 1 is 0.650 bits per heavy atom. The molecule has 0 aliphatic rings. The van der Waals surface area contributed by atoms with Gasteiger partial charge in [-0.1, -0.05) is 66.7 Å². The standard InChI is InChI=1S/C18H15OP/c19-16-12-11-15(13-7-3-1-4-8-13)17(18(16)20)14-9-5-2-6-10-14/h1-12,19H,20H2. The van der Waals surface area contributed by atoms with E-state index in [-0.39, 0.29) is 0 Å². The van der Waals surface area contributed by atoms with Crippen LogP contribution >= 0.6 is 9.24 Å². The molecule has 3 aromatic carbocycles. The molecule has 1 unspecified atom stereocenters. The fourth-order valence-electron chi connectivity index (χ4n) is 2.38. The average molecular weight is 278 g/mol. The predicted molar refractivity (Wildman–Crippen MR) is 88.3 cm³/mol. The van der Waals surface area contributed by atoms with E-state index in [1.165, 1.54) is 0 Å². The van der Waals surface area contributed by atoms with Gasteiger partial charge < -0.3 is 5.11 Å². The molecular weight excluding hydrogens is 263 g/mol. The number of phenolic OH excluding ortho intramolecular Hbond substituents is 1. The average Bonchev–Trinajstić information content (AvgIpc) is 2.51. The third-order valence-electron chi connectivity index (χ3n) is 3.37. The molecule has 0 fully saturated rings. The van der Waals surface area contributed by atoms with Crippen LogP contribution in [0.25, 0.3) is 22.3 Å². The maximum absolute atomic E-state index is 10.0. The molecule has 1 N–H and O–H groups in total. The van der Waals surface area contributed by atoms with E-state index in [9.17, 15) is 5.11 Å². The number of phenols is 1. The molecule has 0 heterocycles. The van der Waals surface area contributed by atoms with Crippen molar-refractivity contribution in [2.24, 2.45) is 0 Å². The van der Waals surface area contributed by atoms with Crippen LogP contribution in [0, 0.1) is 0 Å². The first-order valence-corrected chi connectivity index (χ1v) is 7.07. The summed E-state index contributed by atoms with van der Waals surface area (Å²) in [4.78, 5) is 0. The van der Waals surface area contributed by atoms with Gasteiger partial charge in [-0.3, -0.25) is 0 Å². The Labute approximate surface area is 121 Å². The van der Waals surface area contributed by atoms with Gasteiger partial charge in [0.25, 0.3) is 0 Å². The quantitative estimate of drug-likeness (QED) is 0.696. The van der Waals surface area contributed by atoms with E-state index in [2.05, 4.69) is 33.5 Å². The van der Waals surface area contributed by atoms with Gasteiger partial charge in [0.05, 0.1) is 0 Å². The lowest BCUT2D eigenvalue weighted by molar-refractivity contribution is 0.480. The number of hydrogen-bond donors (Lipinski definition) is 1. The van der Waals surface area contributed by atoms with Gasteiger partial charge in [0.15, 0.2) is 0 Å². The molecule has 0 radical (unpaired) electrons. The van der Waals surface area contributed by atoms with Gasteiger partial charge in [-0.25, -0.2) is 0 Å². The minimum absolute atomic E-state index is 0.300. The molecule has 1 nitrogen and oxygen atoms in total. The SMILES string of the molecule is Oc1ccc(-c2ccccc2)c(-c2ccccc2)c1P. The van der Waals surface area contributed by atoms with Crippen LogP contribution in [0.4, 0.5) is 0 Å². The minimum Gasteiger partial charge on any atom is -0.507 e. The van der Waals surface area contributed by atoms with Gasteiger partial charge >= 0.3 is 0 Å². The molecule has 2 heteroatoms. The van der Waals surface area contributed by atoms with Crippen LogP contribution < -0.4 is 5.30 Å². The van der Waals surface area contributed by atoms with Crippen LogP contribution in [0.5, 0.6) is 5.75 Å². The zero-order valence-corrected chi connectivity index (χ0v) is 12.1. The molecule has 0 spiro atoms. The van der Waals surface area contributed by atoms with Gasteiger partial charge in [0.1, 0.15) is 5.75 Å². The fourth-order valence-corrected chi connectivity index (χ4v) is 2.80. The summed E-state index contributed by atoms with van der Waals surface area (Å²) in [5, 5.41) is 10.8. The molecule has 0 saturated heterocycles. The van der Waals surface area contributed by atoms with Crippen molar-refractivity contribution in [3.05, 3.63) is 72.8 Å². The topological polar surface area (TPSA) is 20.2 Å². The summed E-state index contributed by atoms with van der Waals surface area (Å²) in [5.74, 6) is 0.300. The Morgan fingerprint density at radius 3 is 1.80 bits per heavy atom. The second-order valence-electron chi connectivity index (χ2n) is 4.65. The summed E-state index contributed by atoms with van der Waals surface area (Å²) in [6.07, 6.45) is 0. The first kappa shape index (κ1) is 12.9. The molecule has 3 rings (SSSR count).